The normalized spacial score (nSPS) is 18.4. The van der Waals surface area contributed by atoms with Crippen molar-refractivity contribution >= 4 is 12.4 Å². The molecule has 2 N–H and O–H groups in total. The molecule has 0 aromatic heterocycles. The molecule has 7 heavy (non-hydrogen) atoms. The van der Waals surface area contributed by atoms with Crippen molar-refractivity contribution in [1.82, 2.24) is 5.32 Å². The highest BCUT2D eigenvalue weighted by atomic mass is 35.5. The molecule has 1 aliphatic carbocycles. The van der Waals surface area contributed by atoms with Crippen LogP contribution in [0.5, 0.6) is 0 Å². The van der Waals surface area contributed by atoms with E-state index in [1.165, 1.54) is 12.8 Å². The standard InChI is InChI=1S/C4H9NO.ClH/c6-3-5-4-1-2-4;/h4-6H,1-3H2;1H. The van der Waals surface area contributed by atoms with Crippen molar-refractivity contribution in [2.75, 3.05) is 6.73 Å². The molecule has 0 aromatic rings. The lowest BCUT2D eigenvalue weighted by Crippen LogP contribution is -2.16. The molecular weight excluding hydrogens is 114 g/mol. The van der Waals surface area contributed by atoms with Gasteiger partial charge >= 0.3 is 0 Å². The van der Waals surface area contributed by atoms with E-state index in [-0.39, 0.29) is 19.1 Å². The van der Waals surface area contributed by atoms with Gasteiger partial charge in [0.2, 0.25) is 0 Å². The Labute approximate surface area is 49.3 Å². The summed E-state index contributed by atoms with van der Waals surface area (Å²) >= 11 is 0. The van der Waals surface area contributed by atoms with Crippen LogP contribution in [0.4, 0.5) is 0 Å². The third-order valence-electron chi connectivity index (χ3n) is 0.957. The predicted molar refractivity (Wildman–Crippen MR) is 30.5 cm³/mol. The topological polar surface area (TPSA) is 32.3 Å². The average molecular weight is 124 g/mol. The second kappa shape index (κ2) is 3.24. The van der Waals surface area contributed by atoms with Crippen LogP contribution in [0.1, 0.15) is 12.8 Å². The van der Waals surface area contributed by atoms with Crippen molar-refractivity contribution in [3.63, 3.8) is 0 Å². The van der Waals surface area contributed by atoms with Crippen LogP contribution in [0.3, 0.4) is 0 Å². The molecule has 1 aliphatic rings. The molecule has 1 saturated carbocycles. The molecule has 44 valence electrons. The van der Waals surface area contributed by atoms with E-state index >= 15 is 0 Å². The van der Waals surface area contributed by atoms with Gasteiger partial charge in [-0.05, 0) is 12.8 Å². The molecule has 0 heterocycles. The summed E-state index contributed by atoms with van der Waals surface area (Å²) in [6.45, 7) is 0.144. The van der Waals surface area contributed by atoms with Gasteiger partial charge in [0.15, 0.2) is 0 Å². The molecule has 0 saturated heterocycles. The molecule has 0 unspecified atom stereocenters. The third kappa shape index (κ3) is 2.85. The van der Waals surface area contributed by atoms with E-state index in [1.54, 1.807) is 0 Å². The molecule has 0 atom stereocenters. The molecule has 0 aliphatic heterocycles. The van der Waals surface area contributed by atoms with Gasteiger partial charge in [-0.15, -0.1) is 12.4 Å². The largest absolute Gasteiger partial charge is 0.381 e. The monoisotopic (exact) mass is 123 g/mol. The number of rotatable bonds is 2. The Kier molecular flexibility index (Phi) is 3.34. The van der Waals surface area contributed by atoms with Crippen LogP contribution in [-0.2, 0) is 0 Å². The lowest BCUT2D eigenvalue weighted by Gasteiger charge is -1.89. The summed E-state index contributed by atoms with van der Waals surface area (Å²) in [4.78, 5) is 0. The molecule has 3 heteroatoms. The van der Waals surface area contributed by atoms with Crippen LogP contribution in [0, 0.1) is 0 Å². The molecule has 2 nitrogen and oxygen atoms in total. The van der Waals surface area contributed by atoms with E-state index < -0.39 is 0 Å². The predicted octanol–water partition coefficient (Wildman–Crippen LogP) is 0.110. The van der Waals surface area contributed by atoms with Gasteiger partial charge in [0.05, 0.1) is 6.73 Å². The fourth-order valence-electron chi connectivity index (χ4n) is 0.417. The van der Waals surface area contributed by atoms with Gasteiger partial charge in [-0.3, -0.25) is 5.32 Å². The van der Waals surface area contributed by atoms with E-state index in [9.17, 15) is 0 Å². The zero-order chi connectivity index (χ0) is 4.41. The summed E-state index contributed by atoms with van der Waals surface area (Å²) in [7, 11) is 0. The van der Waals surface area contributed by atoms with Crippen LogP contribution in [0.25, 0.3) is 0 Å². The van der Waals surface area contributed by atoms with Gasteiger partial charge in [0, 0.05) is 6.04 Å². The smallest absolute Gasteiger partial charge is 0.0933 e. The Morgan fingerprint density at radius 2 is 2.14 bits per heavy atom. The third-order valence-corrected chi connectivity index (χ3v) is 0.957. The summed E-state index contributed by atoms with van der Waals surface area (Å²) in [6.07, 6.45) is 2.50. The van der Waals surface area contributed by atoms with Crippen LogP contribution in [0.2, 0.25) is 0 Å². The maximum atomic E-state index is 8.17. The number of nitrogens with one attached hydrogen (secondary N) is 1. The summed E-state index contributed by atoms with van der Waals surface area (Å²) < 4.78 is 0. The Hall–Kier alpha value is 0.210. The van der Waals surface area contributed by atoms with E-state index in [0.29, 0.717) is 6.04 Å². The van der Waals surface area contributed by atoms with Crippen molar-refractivity contribution in [2.24, 2.45) is 0 Å². The second-order valence-electron chi connectivity index (χ2n) is 1.64. The van der Waals surface area contributed by atoms with Crippen LogP contribution in [-0.4, -0.2) is 17.9 Å². The number of hydrogen-bond acceptors (Lipinski definition) is 2. The Bertz CT molecular complexity index is 47.0. The summed E-state index contributed by atoms with van der Waals surface area (Å²) in [5, 5.41) is 11.0. The molecule has 0 aromatic carbocycles. The van der Waals surface area contributed by atoms with E-state index in [4.69, 9.17) is 5.11 Å². The van der Waals surface area contributed by atoms with Crippen LogP contribution >= 0.6 is 12.4 Å². The van der Waals surface area contributed by atoms with Crippen molar-refractivity contribution in [3.8, 4) is 0 Å². The van der Waals surface area contributed by atoms with Crippen molar-refractivity contribution in [2.45, 2.75) is 18.9 Å². The maximum absolute atomic E-state index is 8.17. The van der Waals surface area contributed by atoms with E-state index in [0.717, 1.165) is 0 Å². The molecule has 0 bridgehead atoms. The second-order valence-corrected chi connectivity index (χ2v) is 1.64. The van der Waals surface area contributed by atoms with E-state index in [1.807, 2.05) is 0 Å². The SMILES string of the molecule is Cl.OCNC1CC1. The highest BCUT2D eigenvalue weighted by molar-refractivity contribution is 5.85. The first-order valence-corrected chi connectivity index (χ1v) is 2.27. The number of hydrogen-bond donors (Lipinski definition) is 2. The van der Waals surface area contributed by atoms with Gasteiger partial charge in [0.25, 0.3) is 0 Å². The Morgan fingerprint density at radius 1 is 1.57 bits per heavy atom. The fraction of sp³-hybridized carbons (Fsp3) is 1.00. The van der Waals surface area contributed by atoms with Crippen molar-refractivity contribution < 1.29 is 5.11 Å². The fourth-order valence-corrected chi connectivity index (χ4v) is 0.417. The minimum absolute atomic E-state index is 0. The first-order valence-electron chi connectivity index (χ1n) is 2.27. The molecular formula is C4H10ClNO. The number of aliphatic hydroxyl groups excluding tert-OH is 1. The number of aliphatic hydroxyl groups is 1. The van der Waals surface area contributed by atoms with Gasteiger partial charge < -0.3 is 5.11 Å². The maximum Gasteiger partial charge on any atom is 0.0933 e. The zero-order valence-corrected chi connectivity index (χ0v) is 4.87. The molecule has 0 radical (unpaired) electrons. The highest BCUT2D eigenvalue weighted by Gasteiger charge is 2.18. The van der Waals surface area contributed by atoms with E-state index in [2.05, 4.69) is 5.32 Å². The Morgan fingerprint density at radius 3 is 2.29 bits per heavy atom. The van der Waals surface area contributed by atoms with Crippen LogP contribution < -0.4 is 5.32 Å². The van der Waals surface area contributed by atoms with Gasteiger partial charge in [-0.1, -0.05) is 0 Å². The van der Waals surface area contributed by atoms with Gasteiger partial charge in [-0.25, -0.2) is 0 Å². The quantitative estimate of drug-likeness (QED) is 0.511. The van der Waals surface area contributed by atoms with Gasteiger partial charge in [0.1, 0.15) is 0 Å². The highest BCUT2D eigenvalue weighted by Crippen LogP contribution is 2.17. The van der Waals surface area contributed by atoms with Crippen molar-refractivity contribution in [3.05, 3.63) is 0 Å². The van der Waals surface area contributed by atoms with Crippen LogP contribution in [0.15, 0.2) is 0 Å². The summed E-state index contributed by atoms with van der Waals surface area (Å²) in [6, 6.07) is 0.648. The average Bonchev–Trinajstić information content (AvgIpc) is 2.21. The Balaban J connectivity index is 0.000000360. The minimum Gasteiger partial charge on any atom is -0.381 e. The summed E-state index contributed by atoms with van der Waals surface area (Å²) in [5.74, 6) is 0. The molecule has 1 fully saturated rings. The first kappa shape index (κ1) is 7.21. The lowest BCUT2D eigenvalue weighted by molar-refractivity contribution is 0.259. The lowest BCUT2D eigenvalue weighted by atomic mass is 10.7. The molecule has 1 rings (SSSR count). The number of halogens is 1. The summed E-state index contributed by atoms with van der Waals surface area (Å²) in [5.41, 5.74) is 0. The molecule has 0 spiro atoms. The first-order chi connectivity index (χ1) is 2.93. The zero-order valence-electron chi connectivity index (χ0n) is 4.05. The minimum atomic E-state index is 0. The molecule has 0 amide bonds. The van der Waals surface area contributed by atoms with Gasteiger partial charge in [-0.2, -0.15) is 0 Å². The van der Waals surface area contributed by atoms with Crippen molar-refractivity contribution in [1.29, 1.82) is 0 Å².